The summed E-state index contributed by atoms with van der Waals surface area (Å²) in [6, 6.07) is 4.03. The highest BCUT2D eigenvalue weighted by molar-refractivity contribution is 7.99. The second-order valence-electron chi connectivity index (χ2n) is 3.28. The van der Waals surface area contributed by atoms with Crippen molar-refractivity contribution in [2.24, 2.45) is 0 Å². The summed E-state index contributed by atoms with van der Waals surface area (Å²) < 4.78 is 24.6. The molecule has 0 radical (unpaired) electrons. The van der Waals surface area contributed by atoms with E-state index in [0.717, 1.165) is 11.8 Å². The fourth-order valence-corrected chi connectivity index (χ4v) is 2.19. The maximum Gasteiger partial charge on any atom is 0.296 e. The van der Waals surface area contributed by atoms with Gasteiger partial charge in [0.1, 0.15) is 0 Å². The Kier molecular flexibility index (Phi) is 3.96. The Bertz CT molecular complexity index is 622. The molecule has 1 heterocycles. The Hall–Kier alpha value is -1.74. The molecule has 0 amide bonds. The average Bonchev–Trinajstić information content (AvgIpc) is 2.80. The van der Waals surface area contributed by atoms with Crippen LogP contribution in [0.25, 0.3) is 0 Å². The van der Waals surface area contributed by atoms with Gasteiger partial charge in [-0.1, -0.05) is 11.6 Å². The van der Waals surface area contributed by atoms with Crippen molar-refractivity contribution in [3.63, 3.8) is 0 Å². The predicted octanol–water partition coefficient (Wildman–Crippen LogP) is 3.46. The van der Waals surface area contributed by atoms with Crippen molar-refractivity contribution in [1.29, 1.82) is 0 Å². The van der Waals surface area contributed by atoms with E-state index >= 15 is 0 Å². The quantitative estimate of drug-likeness (QED) is 0.690. The monoisotopic (exact) mass is 306 g/mol. The van der Waals surface area contributed by atoms with Gasteiger partial charge in [0.2, 0.25) is 5.16 Å². The Morgan fingerprint density at radius 2 is 2.21 bits per heavy atom. The third kappa shape index (κ3) is 3.18. The lowest BCUT2D eigenvalue weighted by Gasteiger charge is -1.99. The van der Waals surface area contributed by atoms with Crippen LogP contribution in [-0.2, 0) is 0 Å². The molecule has 0 aliphatic heterocycles. The van der Waals surface area contributed by atoms with Crippen LogP contribution in [0.2, 0.25) is 5.02 Å². The molecule has 0 unspecified atom stereocenters. The Morgan fingerprint density at radius 1 is 1.47 bits per heavy atom. The average molecular weight is 307 g/mol. The topological polar surface area (TPSA) is 84.7 Å². The van der Waals surface area contributed by atoms with Gasteiger partial charge in [-0.05, 0) is 23.9 Å². The van der Waals surface area contributed by atoms with Crippen LogP contribution in [0.3, 0.4) is 0 Å². The van der Waals surface area contributed by atoms with Gasteiger partial charge >= 0.3 is 0 Å². The summed E-state index contributed by atoms with van der Waals surface area (Å²) in [5.74, 6) is -0.584. The smallest absolute Gasteiger partial charge is 0.258 e. The van der Waals surface area contributed by atoms with Crippen LogP contribution < -0.4 is 0 Å². The number of rotatable bonds is 4. The molecule has 0 saturated carbocycles. The lowest BCUT2D eigenvalue weighted by molar-refractivity contribution is -0.387. The van der Waals surface area contributed by atoms with Gasteiger partial charge < -0.3 is 0 Å². The van der Waals surface area contributed by atoms with E-state index in [9.17, 15) is 18.9 Å². The number of hydrogen-bond acceptors (Lipinski definition) is 5. The van der Waals surface area contributed by atoms with Gasteiger partial charge in [-0.15, -0.1) is 5.10 Å². The predicted molar refractivity (Wildman–Crippen MR) is 63.6 cm³/mol. The van der Waals surface area contributed by atoms with Crippen LogP contribution in [0, 0.1) is 10.1 Å². The normalized spacial score (nSPS) is 10.9. The van der Waals surface area contributed by atoms with Crippen molar-refractivity contribution in [1.82, 2.24) is 15.2 Å². The van der Waals surface area contributed by atoms with Crippen LogP contribution in [0.5, 0.6) is 0 Å². The Balaban J connectivity index is 2.29. The molecule has 0 spiro atoms. The zero-order valence-electron chi connectivity index (χ0n) is 9.01. The molecule has 0 fully saturated rings. The lowest BCUT2D eigenvalue weighted by Crippen LogP contribution is -1.91. The summed E-state index contributed by atoms with van der Waals surface area (Å²) in [4.78, 5) is 14.0. The maximum atomic E-state index is 12.3. The number of H-pyrrole nitrogens is 1. The van der Waals surface area contributed by atoms with E-state index in [1.807, 2.05) is 0 Å². The summed E-state index contributed by atoms with van der Waals surface area (Å²) in [6.45, 7) is 0. The first kappa shape index (κ1) is 13.7. The molecular formula is C9H5ClF2N4O2S. The molecule has 0 atom stereocenters. The summed E-state index contributed by atoms with van der Waals surface area (Å²) in [7, 11) is 0. The standard InChI is InChI=1S/C9H5ClF2N4O2S/c10-4-1-2-6(5(3-4)16(17)18)19-9-13-8(7(11)12)14-15-9/h1-3,7H,(H,13,14,15). The van der Waals surface area contributed by atoms with Crippen LogP contribution in [0.4, 0.5) is 14.5 Å². The van der Waals surface area contributed by atoms with Gasteiger partial charge in [0.25, 0.3) is 12.1 Å². The zero-order valence-corrected chi connectivity index (χ0v) is 10.6. The van der Waals surface area contributed by atoms with E-state index in [1.165, 1.54) is 18.2 Å². The zero-order chi connectivity index (χ0) is 14.0. The molecule has 0 saturated heterocycles. The molecule has 2 aromatic rings. The minimum absolute atomic E-state index is 0.0271. The van der Waals surface area contributed by atoms with Gasteiger partial charge in [0.05, 0.1) is 9.82 Å². The molecule has 0 bridgehead atoms. The SMILES string of the molecule is O=[N+]([O-])c1cc(Cl)ccc1Sc1n[nH]c(C(F)F)n1. The van der Waals surface area contributed by atoms with E-state index in [1.54, 1.807) is 0 Å². The van der Waals surface area contributed by atoms with Gasteiger partial charge in [0.15, 0.2) is 5.82 Å². The second kappa shape index (κ2) is 5.49. The number of nitrogens with one attached hydrogen (secondary N) is 1. The van der Waals surface area contributed by atoms with E-state index in [0.29, 0.717) is 0 Å². The fourth-order valence-electron chi connectivity index (χ4n) is 1.22. The molecule has 0 aliphatic rings. The molecule has 19 heavy (non-hydrogen) atoms. The highest BCUT2D eigenvalue weighted by atomic mass is 35.5. The van der Waals surface area contributed by atoms with Crippen molar-refractivity contribution >= 4 is 29.1 Å². The highest BCUT2D eigenvalue weighted by Gasteiger charge is 2.19. The van der Waals surface area contributed by atoms with Crippen molar-refractivity contribution in [3.8, 4) is 0 Å². The van der Waals surface area contributed by atoms with Crippen molar-refractivity contribution < 1.29 is 13.7 Å². The Morgan fingerprint density at radius 3 is 2.79 bits per heavy atom. The number of aromatic amines is 1. The fraction of sp³-hybridized carbons (Fsp3) is 0.111. The van der Waals surface area contributed by atoms with Gasteiger partial charge in [-0.3, -0.25) is 15.2 Å². The number of nitrogens with zero attached hydrogens (tertiary/aromatic N) is 3. The number of nitro benzene ring substituents is 1. The molecule has 0 aliphatic carbocycles. The third-order valence-electron chi connectivity index (χ3n) is 2.01. The first-order chi connectivity index (χ1) is 8.97. The minimum Gasteiger partial charge on any atom is -0.258 e. The summed E-state index contributed by atoms with van der Waals surface area (Å²) in [5.41, 5.74) is -0.235. The highest BCUT2D eigenvalue weighted by Crippen LogP contribution is 2.35. The van der Waals surface area contributed by atoms with Crippen molar-refractivity contribution in [3.05, 3.63) is 39.2 Å². The van der Waals surface area contributed by atoms with E-state index in [2.05, 4.69) is 15.2 Å². The molecular weight excluding hydrogens is 302 g/mol. The lowest BCUT2D eigenvalue weighted by atomic mass is 10.3. The number of halogens is 3. The molecule has 2 rings (SSSR count). The molecule has 1 N–H and O–H groups in total. The van der Waals surface area contributed by atoms with Gasteiger partial charge in [0, 0.05) is 11.1 Å². The number of nitro groups is 1. The second-order valence-corrected chi connectivity index (χ2v) is 4.72. The van der Waals surface area contributed by atoms with E-state index < -0.39 is 17.2 Å². The summed E-state index contributed by atoms with van der Waals surface area (Å²) in [5, 5.41) is 16.6. The van der Waals surface area contributed by atoms with Crippen LogP contribution in [0.15, 0.2) is 28.3 Å². The number of aromatic nitrogens is 3. The molecule has 1 aromatic heterocycles. The number of hydrogen-bond donors (Lipinski definition) is 1. The molecule has 100 valence electrons. The summed E-state index contributed by atoms with van der Waals surface area (Å²) >= 11 is 6.46. The third-order valence-corrected chi connectivity index (χ3v) is 3.17. The largest absolute Gasteiger partial charge is 0.296 e. The Labute approximate surface area is 114 Å². The molecule has 6 nitrogen and oxygen atoms in total. The van der Waals surface area contributed by atoms with Gasteiger partial charge in [-0.2, -0.15) is 4.98 Å². The van der Waals surface area contributed by atoms with Crippen LogP contribution in [-0.4, -0.2) is 20.1 Å². The van der Waals surface area contributed by atoms with E-state index in [-0.39, 0.29) is 20.8 Å². The summed E-state index contributed by atoms with van der Waals surface area (Å²) in [6.07, 6.45) is -2.78. The van der Waals surface area contributed by atoms with Gasteiger partial charge in [-0.25, -0.2) is 8.78 Å². The first-order valence-corrected chi connectivity index (χ1v) is 5.99. The number of benzene rings is 1. The molecule has 1 aromatic carbocycles. The van der Waals surface area contributed by atoms with Crippen molar-refractivity contribution in [2.75, 3.05) is 0 Å². The minimum atomic E-state index is -2.78. The van der Waals surface area contributed by atoms with E-state index in [4.69, 9.17) is 11.6 Å². The van der Waals surface area contributed by atoms with Crippen LogP contribution >= 0.6 is 23.4 Å². The maximum absolute atomic E-state index is 12.3. The number of alkyl halides is 2. The van der Waals surface area contributed by atoms with Crippen molar-refractivity contribution in [2.45, 2.75) is 16.5 Å². The first-order valence-electron chi connectivity index (χ1n) is 4.79. The molecule has 10 heteroatoms. The van der Waals surface area contributed by atoms with Crippen LogP contribution in [0.1, 0.15) is 12.2 Å².